The normalized spacial score (nSPS) is 13.9. The van der Waals surface area contributed by atoms with E-state index in [1.54, 1.807) is 36.4 Å². The Morgan fingerprint density at radius 1 is 1.00 bits per heavy atom. The fourth-order valence-electron chi connectivity index (χ4n) is 3.53. The second kappa shape index (κ2) is 8.24. The van der Waals surface area contributed by atoms with Crippen molar-refractivity contribution in [3.63, 3.8) is 0 Å². The molecular formula is C21H20N6O3. The summed E-state index contributed by atoms with van der Waals surface area (Å²) in [6, 6.07) is 12.2. The molecule has 0 spiro atoms. The molecule has 0 radical (unpaired) electrons. The molecule has 3 heterocycles. The summed E-state index contributed by atoms with van der Waals surface area (Å²) in [6.45, 7) is 3.86. The molecule has 0 unspecified atom stereocenters. The molecule has 4 rings (SSSR count). The van der Waals surface area contributed by atoms with Crippen molar-refractivity contribution in [1.82, 2.24) is 20.1 Å². The summed E-state index contributed by atoms with van der Waals surface area (Å²) in [4.78, 5) is 31.4. The van der Waals surface area contributed by atoms with Gasteiger partial charge in [-0.3, -0.25) is 19.9 Å². The van der Waals surface area contributed by atoms with Crippen molar-refractivity contribution in [3.8, 4) is 11.3 Å². The maximum Gasteiger partial charge on any atom is 0.273 e. The highest BCUT2D eigenvalue weighted by molar-refractivity contribution is 5.96. The van der Waals surface area contributed by atoms with Crippen LogP contribution in [0.2, 0.25) is 0 Å². The van der Waals surface area contributed by atoms with Gasteiger partial charge in [0.2, 0.25) is 0 Å². The summed E-state index contributed by atoms with van der Waals surface area (Å²) >= 11 is 0. The highest BCUT2D eigenvalue weighted by Crippen LogP contribution is 2.23. The third kappa shape index (κ3) is 3.82. The Balaban J connectivity index is 1.42. The summed E-state index contributed by atoms with van der Waals surface area (Å²) in [5.74, 6) is 0.571. The first-order valence-corrected chi connectivity index (χ1v) is 9.57. The number of rotatable bonds is 4. The maximum absolute atomic E-state index is 12.9. The molecule has 9 heteroatoms. The number of aromatic nitrogens is 3. The second-order valence-corrected chi connectivity index (χ2v) is 7.00. The van der Waals surface area contributed by atoms with Gasteiger partial charge in [0.1, 0.15) is 0 Å². The van der Waals surface area contributed by atoms with Gasteiger partial charge in [0.05, 0.1) is 10.6 Å². The molecule has 2 aromatic heterocycles. The molecule has 0 atom stereocenters. The monoisotopic (exact) mass is 404 g/mol. The number of carbonyl (C=O) groups is 1. The SMILES string of the molecule is Cc1c(C(=O)N2CCN(c3ccc(-c4ccncc4)nn3)CC2)cccc1[N+](=O)[O-]. The van der Waals surface area contributed by atoms with Crippen LogP contribution in [0.25, 0.3) is 11.3 Å². The van der Waals surface area contributed by atoms with Crippen LogP contribution < -0.4 is 4.90 Å². The van der Waals surface area contributed by atoms with Crippen molar-refractivity contribution in [2.45, 2.75) is 6.92 Å². The number of nitro groups is 1. The van der Waals surface area contributed by atoms with Gasteiger partial charge in [-0.05, 0) is 37.3 Å². The number of piperazine rings is 1. The van der Waals surface area contributed by atoms with E-state index in [4.69, 9.17) is 0 Å². The van der Waals surface area contributed by atoms with E-state index in [-0.39, 0.29) is 11.6 Å². The molecule has 9 nitrogen and oxygen atoms in total. The second-order valence-electron chi connectivity index (χ2n) is 7.00. The zero-order valence-corrected chi connectivity index (χ0v) is 16.4. The Hall–Kier alpha value is -3.88. The van der Waals surface area contributed by atoms with Crippen LogP contribution >= 0.6 is 0 Å². The minimum Gasteiger partial charge on any atom is -0.352 e. The van der Waals surface area contributed by atoms with Crippen molar-refractivity contribution in [2.75, 3.05) is 31.1 Å². The van der Waals surface area contributed by atoms with Crippen LogP contribution in [-0.2, 0) is 0 Å². The molecule has 0 saturated carbocycles. The van der Waals surface area contributed by atoms with Gasteiger partial charge < -0.3 is 9.80 Å². The summed E-state index contributed by atoms with van der Waals surface area (Å²) < 4.78 is 0. The predicted octanol–water partition coefficient (Wildman–Crippen LogP) is 2.72. The first-order chi connectivity index (χ1) is 14.5. The van der Waals surface area contributed by atoms with Crippen molar-refractivity contribution in [2.24, 2.45) is 0 Å². The Labute approximate surface area is 173 Å². The van der Waals surface area contributed by atoms with E-state index >= 15 is 0 Å². The molecule has 1 amide bonds. The number of hydrogen-bond donors (Lipinski definition) is 0. The van der Waals surface area contributed by atoms with Crippen molar-refractivity contribution in [3.05, 3.63) is 76.1 Å². The lowest BCUT2D eigenvalue weighted by Crippen LogP contribution is -2.49. The van der Waals surface area contributed by atoms with Gasteiger partial charge in [-0.25, -0.2) is 0 Å². The summed E-state index contributed by atoms with van der Waals surface area (Å²) in [6.07, 6.45) is 3.43. The van der Waals surface area contributed by atoms with Gasteiger partial charge in [-0.2, -0.15) is 0 Å². The van der Waals surface area contributed by atoms with Crippen LogP contribution in [0.15, 0.2) is 54.9 Å². The lowest BCUT2D eigenvalue weighted by molar-refractivity contribution is -0.385. The fourth-order valence-corrected chi connectivity index (χ4v) is 3.53. The summed E-state index contributed by atoms with van der Waals surface area (Å²) in [7, 11) is 0. The Morgan fingerprint density at radius 2 is 1.73 bits per heavy atom. The third-order valence-electron chi connectivity index (χ3n) is 5.25. The molecule has 0 bridgehead atoms. The molecule has 1 aromatic carbocycles. The molecule has 3 aromatic rings. The first kappa shape index (κ1) is 19.4. The molecule has 1 saturated heterocycles. The van der Waals surface area contributed by atoms with Crippen molar-refractivity contribution >= 4 is 17.4 Å². The topological polar surface area (TPSA) is 105 Å². The number of nitrogens with zero attached hydrogens (tertiary/aromatic N) is 6. The van der Waals surface area contributed by atoms with Gasteiger partial charge in [0.25, 0.3) is 11.6 Å². The predicted molar refractivity (Wildman–Crippen MR) is 111 cm³/mol. The van der Waals surface area contributed by atoms with E-state index in [0.29, 0.717) is 37.3 Å². The van der Waals surface area contributed by atoms with Gasteiger partial charge in [0.15, 0.2) is 5.82 Å². The molecule has 0 aliphatic carbocycles. The summed E-state index contributed by atoms with van der Waals surface area (Å²) in [5.41, 5.74) is 2.46. The van der Waals surface area contributed by atoms with E-state index in [0.717, 1.165) is 17.1 Å². The smallest absolute Gasteiger partial charge is 0.273 e. The number of anilines is 1. The maximum atomic E-state index is 12.9. The van der Waals surface area contributed by atoms with E-state index in [9.17, 15) is 14.9 Å². The van der Waals surface area contributed by atoms with Crippen LogP contribution in [0.4, 0.5) is 11.5 Å². The quantitative estimate of drug-likeness (QED) is 0.486. The molecular weight excluding hydrogens is 384 g/mol. The lowest BCUT2D eigenvalue weighted by atomic mass is 10.1. The Bertz CT molecular complexity index is 1060. The van der Waals surface area contributed by atoms with E-state index in [2.05, 4.69) is 20.1 Å². The van der Waals surface area contributed by atoms with Crippen LogP contribution in [0.1, 0.15) is 15.9 Å². The molecule has 1 aliphatic rings. The van der Waals surface area contributed by atoms with Crippen molar-refractivity contribution in [1.29, 1.82) is 0 Å². The minimum atomic E-state index is -0.460. The van der Waals surface area contributed by atoms with Crippen LogP contribution in [-0.4, -0.2) is 57.1 Å². The van der Waals surface area contributed by atoms with Gasteiger partial charge in [-0.15, -0.1) is 10.2 Å². The van der Waals surface area contributed by atoms with Gasteiger partial charge in [-0.1, -0.05) is 6.07 Å². The molecule has 30 heavy (non-hydrogen) atoms. The number of nitro benzene ring substituents is 1. The minimum absolute atomic E-state index is 0.0379. The highest BCUT2D eigenvalue weighted by Gasteiger charge is 2.26. The number of amides is 1. The average Bonchev–Trinajstić information content (AvgIpc) is 2.79. The molecule has 152 valence electrons. The van der Waals surface area contributed by atoms with E-state index in [1.165, 1.54) is 6.07 Å². The Morgan fingerprint density at radius 3 is 2.37 bits per heavy atom. The van der Waals surface area contributed by atoms with Crippen LogP contribution in [0.5, 0.6) is 0 Å². The van der Waals surface area contributed by atoms with Crippen LogP contribution in [0, 0.1) is 17.0 Å². The summed E-state index contributed by atoms with van der Waals surface area (Å²) in [5, 5.41) is 19.8. The lowest BCUT2D eigenvalue weighted by Gasteiger charge is -2.35. The van der Waals surface area contributed by atoms with Gasteiger partial charge in [0, 0.05) is 61.3 Å². The van der Waals surface area contributed by atoms with Crippen molar-refractivity contribution < 1.29 is 9.72 Å². The van der Waals surface area contributed by atoms with E-state index < -0.39 is 4.92 Å². The largest absolute Gasteiger partial charge is 0.352 e. The number of hydrogen-bond acceptors (Lipinski definition) is 7. The zero-order chi connectivity index (χ0) is 21.1. The first-order valence-electron chi connectivity index (χ1n) is 9.57. The number of carbonyl (C=O) groups excluding carboxylic acids is 1. The van der Waals surface area contributed by atoms with E-state index in [1.807, 2.05) is 24.3 Å². The third-order valence-corrected chi connectivity index (χ3v) is 5.25. The Kier molecular flexibility index (Phi) is 5.34. The molecule has 1 fully saturated rings. The standard InChI is InChI=1S/C21H20N6O3/c1-15-17(3-2-4-19(15)27(29)30)21(28)26-13-11-25(12-14-26)20-6-5-18(23-24-20)16-7-9-22-10-8-16/h2-10H,11-14H2,1H3. The average molecular weight is 404 g/mol. The highest BCUT2D eigenvalue weighted by atomic mass is 16.6. The number of pyridine rings is 1. The molecule has 1 aliphatic heterocycles. The molecule has 0 N–H and O–H groups in total. The number of benzene rings is 1. The zero-order valence-electron chi connectivity index (χ0n) is 16.4. The van der Waals surface area contributed by atoms with Crippen LogP contribution in [0.3, 0.4) is 0 Å². The van der Waals surface area contributed by atoms with Gasteiger partial charge >= 0.3 is 0 Å². The fraction of sp³-hybridized carbons (Fsp3) is 0.238.